The van der Waals surface area contributed by atoms with Crippen molar-refractivity contribution in [3.8, 4) is 0 Å². The monoisotopic (exact) mass is 266 g/mol. The first-order chi connectivity index (χ1) is 8.43. The molecular weight excluding hydrogens is 244 g/mol. The molecule has 0 radical (unpaired) electrons. The van der Waals surface area contributed by atoms with Gasteiger partial charge in [0, 0.05) is 35.4 Å². The summed E-state index contributed by atoms with van der Waals surface area (Å²) < 4.78 is 0. The number of halogens is 1. The Hall–Kier alpha value is -0.730. The van der Waals surface area contributed by atoms with E-state index in [9.17, 15) is 0 Å². The third-order valence-corrected chi connectivity index (χ3v) is 4.00. The largest absolute Gasteiger partial charge is 0.365 e. The first-order valence-corrected chi connectivity index (χ1v) is 7.08. The van der Waals surface area contributed by atoms with E-state index in [1.165, 1.54) is 11.3 Å². The molecule has 100 valence electrons. The lowest BCUT2D eigenvalue weighted by Crippen LogP contribution is -2.61. The zero-order valence-corrected chi connectivity index (χ0v) is 12.5. The lowest BCUT2D eigenvalue weighted by Gasteiger charge is -2.46. The maximum atomic E-state index is 6.05. The Kier molecular flexibility index (Phi) is 3.88. The molecule has 0 amide bonds. The Morgan fingerprint density at radius 3 is 2.78 bits per heavy atom. The van der Waals surface area contributed by atoms with Gasteiger partial charge in [-0.1, -0.05) is 18.5 Å². The second-order valence-corrected chi connectivity index (χ2v) is 6.32. The lowest BCUT2D eigenvalue weighted by atomic mass is 9.96. The first kappa shape index (κ1) is 13.7. The van der Waals surface area contributed by atoms with Gasteiger partial charge in [0.05, 0.1) is 0 Å². The summed E-state index contributed by atoms with van der Waals surface area (Å²) in [5.74, 6) is 0. The van der Waals surface area contributed by atoms with Crippen molar-refractivity contribution in [1.29, 1.82) is 0 Å². The van der Waals surface area contributed by atoms with E-state index in [-0.39, 0.29) is 5.54 Å². The molecule has 0 aromatic heterocycles. The van der Waals surface area contributed by atoms with Gasteiger partial charge in [-0.15, -0.1) is 0 Å². The number of rotatable bonds is 2. The van der Waals surface area contributed by atoms with Gasteiger partial charge < -0.3 is 10.2 Å². The molecule has 1 aromatic rings. The van der Waals surface area contributed by atoms with Crippen molar-refractivity contribution in [3.63, 3.8) is 0 Å². The van der Waals surface area contributed by atoms with E-state index in [4.69, 9.17) is 11.6 Å². The molecule has 1 fully saturated rings. The Bertz CT molecular complexity index is 429. The molecule has 0 bridgehead atoms. The van der Waals surface area contributed by atoms with Gasteiger partial charge in [-0.05, 0) is 51.0 Å². The zero-order valence-electron chi connectivity index (χ0n) is 11.8. The minimum absolute atomic E-state index is 0.164. The van der Waals surface area contributed by atoms with E-state index < -0.39 is 0 Å². The Labute approximate surface area is 115 Å². The number of anilines is 1. The van der Waals surface area contributed by atoms with Crippen LogP contribution in [0.1, 0.15) is 32.8 Å². The molecule has 1 N–H and O–H groups in total. The van der Waals surface area contributed by atoms with Gasteiger partial charge in [0.2, 0.25) is 0 Å². The van der Waals surface area contributed by atoms with Gasteiger partial charge in [-0.25, -0.2) is 0 Å². The van der Waals surface area contributed by atoms with Crippen molar-refractivity contribution in [1.82, 2.24) is 5.32 Å². The van der Waals surface area contributed by atoms with E-state index in [2.05, 4.69) is 50.0 Å². The zero-order chi connectivity index (χ0) is 13.3. The van der Waals surface area contributed by atoms with Crippen LogP contribution in [-0.4, -0.2) is 24.7 Å². The maximum absolute atomic E-state index is 6.05. The number of aryl methyl sites for hydroxylation is 1. The van der Waals surface area contributed by atoms with Crippen molar-refractivity contribution in [3.05, 3.63) is 28.8 Å². The predicted molar refractivity (Wildman–Crippen MR) is 79.7 cm³/mol. The van der Waals surface area contributed by atoms with Gasteiger partial charge in [0.25, 0.3) is 0 Å². The van der Waals surface area contributed by atoms with Crippen LogP contribution in [-0.2, 0) is 0 Å². The summed E-state index contributed by atoms with van der Waals surface area (Å²) in [5.41, 5.74) is 2.75. The molecule has 1 aromatic carbocycles. The molecule has 0 saturated carbocycles. The quantitative estimate of drug-likeness (QED) is 0.880. The Morgan fingerprint density at radius 1 is 1.44 bits per heavy atom. The maximum Gasteiger partial charge on any atom is 0.0413 e. The number of benzene rings is 1. The standard InChI is InChI=1S/C15H23ClN2/c1-5-13-9-17-15(3,4)10-18(13)14-7-6-12(16)8-11(14)2/h6-8,13,17H,5,9-10H2,1-4H3. The fourth-order valence-electron chi connectivity index (χ4n) is 2.70. The molecule has 0 spiro atoms. The number of nitrogens with zero attached hydrogens (tertiary/aromatic N) is 1. The van der Waals surface area contributed by atoms with Crippen LogP contribution in [0.25, 0.3) is 0 Å². The third-order valence-electron chi connectivity index (χ3n) is 3.76. The van der Waals surface area contributed by atoms with Crippen LogP contribution in [0, 0.1) is 6.92 Å². The minimum Gasteiger partial charge on any atom is -0.365 e. The van der Waals surface area contributed by atoms with Gasteiger partial charge in [-0.2, -0.15) is 0 Å². The minimum atomic E-state index is 0.164. The molecule has 1 unspecified atom stereocenters. The fraction of sp³-hybridized carbons (Fsp3) is 0.600. The van der Waals surface area contributed by atoms with Crippen LogP contribution in [0.5, 0.6) is 0 Å². The summed E-state index contributed by atoms with van der Waals surface area (Å²) in [6, 6.07) is 6.77. The molecule has 0 aliphatic carbocycles. The Morgan fingerprint density at radius 2 is 2.17 bits per heavy atom. The van der Waals surface area contributed by atoms with Crippen molar-refractivity contribution in [2.75, 3.05) is 18.0 Å². The highest BCUT2D eigenvalue weighted by Gasteiger charge is 2.32. The average molecular weight is 267 g/mol. The number of piperazine rings is 1. The molecule has 1 heterocycles. The third kappa shape index (κ3) is 2.81. The van der Waals surface area contributed by atoms with E-state index >= 15 is 0 Å². The summed E-state index contributed by atoms with van der Waals surface area (Å²) in [5, 5.41) is 4.44. The predicted octanol–water partition coefficient (Wildman–Crippen LogP) is 3.62. The molecule has 2 rings (SSSR count). The second kappa shape index (κ2) is 5.10. The summed E-state index contributed by atoms with van der Waals surface area (Å²) in [6.07, 6.45) is 1.16. The number of hydrogen-bond donors (Lipinski definition) is 1. The lowest BCUT2D eigenvalue weighted by molar-refractivity contribution is 0.306. The molecule has 3 heteroatoms. The van der Waals surface area contributed by atoms with Gasteiger partial charge in [0.1, 0.15) is 0 Å². The smallest absolute Gasteiger partial charge is 0.0413 e. The van der Waals surface area contributed by atoms with Gasteiger partial charge in [0.15, 0.2) is 0 Å². The highest BCUT2D eigenvalue weighted by Crippen LogP contribution is 2.29. The molecule has 1 atom stereocenters. The van der Waals surface area contributed by atoms with Crippen LogP contribution in [0.15, 0.2) is 18.2 Å². The van der Waals surface area contributed by atoms with Crippen molar-refractivity contribution in [2.24, 2.45) is 0 Å². The topological polar surface area (TPSA) is 15.3 Å². The van der Waals surface area contributed by atoms with Crippen LogP contribution < -0.4 is 10.2 Å². The Balaban J connectivity index is 2.32. The SMILES string of the molecule is CCC1CNC(C)(C)CN1c1ccc(Cl)cc1C. The second-order valence-electron chi connectivity index (χ2n) is 5.89. The normalized spacial score (nSPS) is 23.2. The van der Waals surface area contributed by atoms with E-state index in [1.54, 1.807) is 0 Å². The van der Waals surface area contributed by atoms with Crippen LogP contribution >= 0.6 is 11.6 Å². The van der Waals surface area contributed by atoms with Crippen LogP contribution in [0.2, 0.25) is 5.02 Å². The molecule has 1 aliphatic heterocycles. The fourth-order valence-corrected chi connectivity index (χ4v) is 2.93. The molecule has 1 saturated heterocycles. The summed E-state index contributed by atoms with van der Waals surface area (Å²) >= 11 is 6.05. The highest BCUT2D eigenvalue weighted by molar-refractivity contribution is 6.30. The van der Waals surface area contributed by atoms with Crippen LogP contribution in [0.3, 0.4) is 0 Å². The van der Waals surface area contributed by atoms with Crippen molar-refractivity contribution in [2.45, 2.75) is 45.7 Å². The van der Waals surface area contributed by atoms with Gasteiger partial charge >= 0.3 is 0 Å². The van der Waals surface area contributed by atoms with E-state index in [1.807, 2.05) is 6.07 Å². The molecule has 2 nitrogen and oxygen atoms in total. The van der Waals surface area contributed by atoms with Crippen molar-refractivity contribution >= 4 is 17.3 Å². The van der Waals surface area contributed by atoms with Crippen LogP contribution in [0.4, 0.5) is 5.69 Å². The summed E-state index contributed by atoms with van der Waals surface area (Å²) in [4.78, 5) is 2.53. The summed E-state index contributed by atoms with van der Waals surface area (Å²) in [7, 11) is 0. The number of hydrogen-bond acceptors (Lipinski definition) is 2. The van der Waals surface area contributed by atoms with E-state index in [0.29, 0.717) is 6.04 Å². The van der Waals surface area contributed by atoms with Gasteiger partial charge in [-0.3, -0.25) is 0 Å². The molecular formula is C15H23ClN2. The first-order valence-electron chi connectivity index (χ1n) is 6.71. The molecule has 18 heavy (non-hydrogen) atoms. The average Bonchev–Trinajstić information content (AvgIpc) is 2.28. The number of nitrogens with one attached hydrogen (secondary N) is 1. The highest BCUT2D eigenvalue weighted by atomic mass is 35.5. The van der Waals surface area contributed by atoms with E-state index in [0.717, 1.165) is 24.5 Å². The molecule has 1 aliphatic rings. The van der Waals surface area contributed by atoms with Crippen molar-refractivity contribution < 1.29 is 0 Å². The summed E-state index contributed by atoms with van der Waals surface area (Å²) in [6.45, 7) is 11.0.